The molecule has 0 aliphatic rings. The Hall–Kier alpha value is -2.64. The molecule has 106 valence electrons. The van der Waals surface area contributed by atoms with E-state index in [0.717, 1.165) is 4.57 Å². The molecule has 0 aromatic carbocycles. The van der Waals surface area contributed by atoms with E-state index < -0.39 is 17.2 Å². The summed E-state index contributed by atoms with van der Waals surface area (Å²) in [6.45, 7) is -0.157. The molecule has 0 saturated carbocycles. The van der Waals surface area contributed by atoms with Gasteiger partial charge in [0.05, 0.1) is 17.5 Å². The lowest BCUT2D eigenvalue weighted by atomic mass is 10.3. The Bertz CT molecular complexity index is 768. The lowest BCUT2D eigenvalue weighted by Crippen LogP contribution is -2.38. The number of nitrogens with zero attached hydrogens (tertiary/aromatic N) is 4. The largest absolute Gasteiger partial charge is 0.456 e. The molecule has 0 atom stereocenters. The second kappa shape index (κ2) is 5.16. The Kier molecular flexibility index (Phi) is 3.55. The summed E-state index contributed by atoms with van der Waals surface area (Å²) in [7, 11) is 4.58. The summed E-state index contributed by atoms with van der Waals surface area (Å²) in [6, 6.07) is 1.26. The second-order valence-corrected chi connectivity index (χ2v) is 4.35. The zero-order chi connectivity index (χ0) is 14.9. The van der Waals surface area contributed by atoms with Gasteiger partial charge in [-0.3, -0.25) is 18.6 Å². The lowest BCUT2D eigenvalue weighted by Gasteiger charge is -2.09. The molecule has 8 heteroatoms. The Morgan fingerprint density at radius 3 is 2.55 bits per heavy atom. The van der Waals surface area contributed by atoms with Crippen molar-refractivity contribution in [1.29, 1.82) is 0 Å². The summed E-state index contributed by atoms with van der Waals surface area (Å²) in [5.41, 5.74) is -0.276. The van der Waals surface area contributed by atoms with E-state index in [0.29, 0.717) is 11.3 Å². The number of aromatic nitrogens is 4. The fourth-order valence-corrected chi connectivity index (χ4v) is 1.67. The van der Waals surface area contributed by atoms with E-state index >= 15 is 0 Å². The van der Waals surface area contributed by atoms with E-state index in [1.165, 1.54) is 41.8 Å². The summed E-state index contributed by atoms with van der Waals surface area (Å²) in [4.78, 5) is 35.0. The minimum Gasteiger partial charge on any atom is -0.456 e. The second-order valence-electron chi connectivity index (χ2n) is 4.35. The maximum absolute atomic E-state index is 11.7. The van der Waals surface area contributed by atoms with Gasteiger partial charge in [0, 0.05) is 33.4 Å². The highest BCUT2D eigenvalue weighted by Gasteiger charge is 2.12. The van der Waals surface area contributed by atoms with Crippen molar-refractivity contribution in [3.63, 3.8) is 0 Å². The molecule has 0 spiro atoms. The van der Waals surface area contributed by atoms with Crippen LogP contribution in [0, 0.1) is 0 Å². The summed E-state index contributed by atoms with van der Waals surface area (Å²) in [5.74, 6) is -0.564. The van der Waals surface area contributed by atoms with E-state index in [2.05, 4.69) is 5.10 Å². The standard InChI is InChI=1S/C12H14N4O4/c1-14-6-8(5-13-14)11(18)20-7-9-4-10(17)16(3)12(19)15(9)2/h4-6H,7H2,1-3H3. The first-order chi connectivity index (χ1) is 9.40. The zero-order valence-electron chi connectivity index (χ0n) is 11.4. The van der Waals surface area contributed by atoms with Gasteiger partial charge in [-0.2, -0.15) is 5.10 Å². The normalized spacial score (nSPS) is 10.6. The van der Waals surface area contributed by atoms with Crippen LogP contribution in [-0.2, 0) is 32.5 Å². The summed E-state index contributed by atoms with van der Waals surface area (Å²) in [6.07, 6.45) is 2.90. The quantitative estimate of drug-likeness (QED) is 0.684. The predicted molar refractivity (Wildman–Crippen MR) is 69.3 cm³/mol. The van der Waals surface area contributed by atoms with Crippen molar-refractivity contribution in [3.8, 4) is 0 Å². The van der Waals surface area contributed by atoms with E-state index in [4.69, 9.17) is 4.74 Å². The number of aryl methyl sites for hydroxylation is 1. The number of carbonyl (C=O) groups excluding carboxylic acids is 1. The Morgan fingerprint density at radius 2 is 1.95 bits per heavy atom. The van der Waals surface area contributed by atoms with Gasteiger partial charge in [-0.05, 0) is 0 Å². The number of carbonyl (C=O) groups is 1. The van der Waals surface area contributed by atoms with Crippen LogP contribution in [0.15, 0.2) is 28.0 Å². The van der Waals surface area contributed by atoms with Crippen LogP contribution < -0.4 is 11.2 Å². The molecule has 0 bridgehead atoms. The molecule has 0 fully saturated rings. The smallest absolute Gasteiger partial charge is 0.341 e. The molecule has 0 radical (unpaired) electrons. The maximum Gasteiger partial charge on any atom is 0.341 e. The van der Waals surface area contributed by atoms with Gasteiger partial charge in [0.2, 0.25) is 0 Å². The van der Waals surface area contributed by atoms with Crippen LogP contribution in [-0.4, -0.2) is 24.9 Å². The number of hydrogen-bond acceptors (Lipinski definition) is 5. The molecule has 8 nitrogen and oxygen atoms in total. The number of rotatable bonds is 3. The number of esters is 1. The molecule has 0 aliphatic carbocycles. The van der Waals surface area contributed by atoms with E-state index in [9.17, 15) is 14.4 Å². The van der Waals surface area contributed by atoms with Gasteiger partial charge in [0.1, 0.15) is 6.61 Å². The first kappa shape index (κ1) is 13.8. The topological polar surface area (TPSA) is 88.1 Å². The van der Waals surface area contributed by atoms with Crippen LogP contribution in [0.5, 0.6) is 0 Å². The maximum atomic E-state index is 11.7. The first-order valence-corrected chi connectivity index (χ1v) is 5.82. The molecule has 0 saturated heterocycles. The molecule has 2 aromatic heterocycles. The van der Waals surface area contributed by atoms with Crippen molar-refractivity contribution in [1.82, 2.24) is 18.9 Å². The van der Waals surface area contributed by atoms with Crippen molar-refractivity contribution >= 4 is 5.97 Å². The highest BCUT2D eigenvalue weighted by atomic mass is 16.5. The fourth-order valence-electron chi connectivity index (χ4n) is 1.67. The molecule has 2 aromatic rings. The van der Waals surface area contributed by atoms with Gasteiger partial charge in [-0.25, -0.2) is 9.59 Å². The highest BCUT2D eigenvalue weighted by molar-refractivity contribution is 5.88. The third kappa shape index (κ3) is 2.53. The van der Waals surface area contributed by atoms with Crippen LogP contribution >= 0.6 is 0 Å². The van der Waals surface area contributed by atoms with Gasteiger partial charge in [0.15, 0.2) is 0 Å². The van der Waals surface area contributed by atoms with Gasteiger partial charge in [-0.15, -0.1) is 0 Å². The predicted octanol–water partition coefficient (Wildman–Crippen LogP) is -0.825. The van der Waals surface area contributed by atoms with Crippen LogP contribution in [0.3, 0.4) is 0 Å². The van der Waals surface area contributed by atoms with Gasteiger partial charge in [0.25, 0.3) is 5.56 Å². The van der Waals surface area contributed by atoms with Crippen molar-refractivity contribution in [2.75, 3.05) is 0 Å². The van der Waals surface area contributed by atoms with Crippen LogP contribution in [0.1, 0.15) is 16.1 Å². The van der Waals surface area contributed by atoms with Gasteiger partial charge < -0.3 is 4.74 Å². The summed E-state index contributed by atoms with van der Waals surface area (Å²) < 4.78 is 8.78. The highest BCUT2D eigenvalue weighted by Crippen LogP contribution is 2.02. The van der Waals surface area contributed by atoms with Crippen molar-refractivity contribution in [3.05, 3.63) is 50.6 Å². The minimum absolute atomic E-state index is 0.157. The third-order valence-corrected chi connectivity index (χ3v) is 2.92. The Morgan fingerprint density at radius 1 is 1.25 bits per heavy atom. The zero-order valence-corrected chi connectivity index (χ0v) is 11.4. The average molecular weight is 278 g/mol. The molecular formula is C12H14N4O4. The van der Waals surface area contributed by atoms with Crippen LogP contribution in [0.4, 0.5) is 0 Å². The van der Waals surface area contributed by atoms with E-state index in [1.807, 2.05) is 0 Å². The molecule has 0 unspecified atom stereocenters. The Balaban J connectivity index is 2.18. The molecule has 2 rings (SSSR count). The van der Waals surface area contributed by atoms with Gasteiger partial charge in [-0.1, -0.05) is 0 Å². The molecule has 0 amide bonds. The summed E-state index contributed by atoms with van der Waals surface area (Å²) >= 11 is 0. The third-order valence-electron chi connectivity index (χ3n) is 2.92. The van der Waals surface area contributed by atoms with Crippen LogP contribution in [0.2, 0.25) is 0 Å². The van der Waals surface area contributed by atoms with Gasteiger partial charge >= 0.3 is 11.7 Å². The van der Waals surface area contributed by atoms with Crippen molar-refractivity contribution < 1.29 is 9.53 Å². The summed E-state index contributed by atoms with van der Waals surface area (Å²) in [5, 5.41) is 3.86. The van der Waals surface area contributed by atoms with Crippen molar-refractivity contribution in [2.24, 2.45) is 21.1 Å². The number of hydrogen-bond donors (Lipinski definition) is 0. The van der Waals surface area contributed by atoms with Crippen molar-refractivity contribution in [2.45, 2.75) is 6.61 Å². The molecule has 20 heavy (non-hydrogen) atoms. The molecule has 0 aliphatic heterocycles. The molecule has 0 N–H and O–H groups in total. The molecule has 2 heterocycles. The average Bonchev–Trinajstić information content (AvgIpc) is 2.85. The monoisotopic (exact) mass is 278 g/mol. The van der Waals surface area contributed by atoms with E-state index in [-0.39, 0.29) is 6.61 Å². The fraction of sp³-hybridized carbons (Fsp3) is 0.333. The lowest BCUT2D eigenvalue weighted by molar-refractivity contribution is 0.0462. The SMILES string of the molecule is Cn1cc(C(=O)OCc2cc(=O)n(C)c(=O)n2C)cn1. The van der Waals surface area contributed by atoms with E-state index in [1.54, 1.807) is 7.05 Å². The first-order valence-electron chi connectivity index (χ1n) is 5.82. The molecular weight excluding hydrogens is 264 g/mol. The van der Waals surface area contributed by atoms with Crippen LogP contribution in [0.25, 0.3) is 0 Å². The Labute approximate surface area is 113 Å². The number of ether oxygens (including phenoxy) is 1. The minimum atomic E-state index is -0.564.